The van der Waals surface area contributed by atoms with Crippen LogP contribution in [0.3, 0.4) is 0 Å². The maximum absolute atomic E-state index is 11.1. The van der Waals surface area contributed by atoms with Crippen molar-refractivity contribution in [3.05, 3.63) is 30.3 Å². The molecule has 0 aliphatic carbocycles. The van der Waals surface area contributed by atoms with Crippen LogP contribution in [0.5, 0.6) is 5.75 Å². The summed E-state index contributed by atoms with van der Waals surface area (Å²) < 4.78 is 21.0. The highest BCUT2D eigenvalue weighted by Gasteiger charge is 2.20. The molecule has 1 rings (SSSR count). The molecule has 70 valence electrons. The first-order valence-corrected chi connectivity index (χ1v) is 5.25. The van der Waals surface area contributed by atoms with Crippen molar-refractivity contribution in [2.45, 2.75) is 13.3 Å². The third-order valence-corrected chi connectivity index (χ3v) is 2.08. The Bertz CT molecular complexity index is 261. The molecule has 1 aromatic rings. The van der Waals surface area contributed by atoms with Gasteiger partial charge in [-0.1, -0.05) is 25.1 Å². The molecule has 3 nitrogen and oxygen atoms in total. The first-order chi connectivity index (χ1) is 6.33. The number of hydrogen-bond acceptors (Lipinski definition) is 3. The molecule has 0 saturated carbocycles. The van der Waals surface area contributed by atoms with E-state index in [1.165, 1.54) is 0 Å². The normalized spacial score (nSPS) is 11.0. The first-order valence-electron chi connectivity index (χ1n) is 4.16. The Balaban J connectivity index is 2.37. The van der Waals surface area contributed by atoms with Gasteiger partial charge in [-0.25, -0.2) is 4.52 Å². The van der Waals surface area contributed by atoms with Crippen LogP contribution in [-0.2, 0) is 9.09 Å². The number of rotatable bonds is 5. The van der Waals surface area contributed by atoms with Crippen LogP contribution in [0.1, 0.15) is 13.3 Å². The topological polar surface area (TPSA) is 35.5 Å². The molecule has 0 radical (unpaired) electrons. The monoisotopic (exact) mass is 199 g/mol. The molecule has 0 saturated heterocycles. The van der Waals surface area contributed by atoms with Gasteiger partial charge < -0.3 is 0 Å². The van der Waals surface area contributed by atoms with E-state index in [0.717, 1.165) is 6.42 Å². The highest BCUT2D eigenvalue weighted by Crippen LogP contribution is 2.27. The number of benzene rings is 1. The molecular formula is C9H12O3P+. The Labute approximate surface area is 78.6 Å². The molecule has 13 heavy (non-hydrogen) atoms. The van der Waals surface area contributed by atoms with Gasteiger partial charge in [-0.3, -0.25) is 0 Å². The van der Waals surface area contributed by atoms with Crippen molar-refractivity contribution in [3.8, 4) is 5.75 Å². The van der Waals surface area contributed by atoms with Crippen LogP contribution in [-0.4, -0.2) is 6.61 Å². The maximum Gasteiger partial charge on any atom is 0.750 e. The second kappa shape index (κ2) is 5.68. The van der Waals surface area contributed by atoms with Gasteiger partial charge in [0.15, 0.2) is 5.75 Å². The van der Waals surface area contributed by atoms with Gasteiger partial charge in [0, 0.05) is 4.57 Å². The zero-order valence-corrected chi connectivity index (χ0v) is 8.37. The van der Waals surface area contributed by atoms with E-state index in [1.54, 1.807) is 12.1 Å². The van der Waals surface area contributed by atoms with Gasteiger partial charge in [0.05, 0.1) is 0 Å². The van der Waals surface area contributed by atoms with E-state index < -0.39 is 8.25 Å². The summed E-state index contributed by atoms with van der Waals surface area (Å²) in [5.74, 6) is 0.569. The van der Waals surface area contributed by atoms with E-state index in [4.69, 9.17) is 9.05 Å². The summed E-state index contributed by atoms with van der Waals surface area (Å²) in [7, 11) is -2.01. The average Bonchev–Trinajstić information content (AvgIpc) is 2.16. The molecule has 0 spiro atoms. The van der Waals surface area contributed by atoms with Gasteiger partial charge in [-0.05, 0) is 18.6 Å². The highest BCUT2D eigenvalue weighted by molar-refractivity contribution is 7.33. The van der Waals surface area contributed by atoms with E-state index in [1.807, 2.05) is 25.1 Å². The van der Waals surface area contributed by atoms with Gasteiger partial charge in [-0.15, -0.1) is 4.52 Å². The molecule has 0 heterocycles. The third kappa shape index (κ3) is 4.02. The molecule has 1 unspecified atom stereocenters. The van der Waals surface area contributed by atoms with Crippen LogP contribution in [0.15, 0.2) is 30.3 Å². The Morgan fingerprint density at radius 3 is 2.62 bits per heavy atom. The van der Waals surface area contributed by atoms with Crippen molar-refractivity contribution >= 4 is 8.25 Å². The molecule has 0 N–H and O–H groups in total. The smallest absolute Gasteiger partial charge is 0.229 e. The van der Waals surface area contributed by atoms with Crippen molar-refractivity contribution in [1.29, 1.82) is 0 Å². The van der Waals surface area contributed by atoms with Crippen LogP contribution >= 0.6 is 8.25 Å². The zero-order valence-electron chi connectivity index (χ0n) is 7.47. The van der Waals surface area contributed by atoms with E-state index in [9.17, 15) is 4.57 Å². The van der Waals surface area contributed by atoms with Crippen molar-refractivity contribution in [1.82, 2.24) is 0 Å². The zero-order chi connectivity index (χ0) is 9.52. The molecule has 0 amide bonds. The molecule has 4 heteroatoms. The lowest BCUT2D eigenvalue weighted by atomic mass is 10.3. The number of para-hydroxylation sites is 1. The van der Waals surface area contributed by atoms with E-state index in [0.29, 0.717) is 12.4 Å². The van der Waals surface area contributed by atoms with Gasteiger partial charge in [0.2, 0.25) is 0 Å². The summed E-state index contributed by atoms with van der Waals surface area (Å²) in [5, 5.41) is 0. The summed E-state index contributed by atoms with van der Waals surface area (Å²) >= 11 is 0. The minimum Gasteiger partial charge on any atom is -0.229 e. The van der Waals surface area contributed by atoms with Crippen LogP contribution < -0.4 is 4.52 Å². The Morgan fingerprint density at radius 2 is 2.00 bits per heavy atom. The Hall–Kier alpha value is -0.920. The van der Waals surface area contributed by atoms with E-state index >= 15 is 0 Å². The van der Waals surface area contributed by atoms with Crippen molar-refractivity contribution in [2.75, 3.05) is 6.61 Å². The molecule has 0 aromatic heterocycles. The van der Waals surface area contributed by atoms with Crippen LogP contribution in [0.25, 0.3) is 0 Å². The molecule has 1 atom stereocenters. The lowest BCUT2D eigenvalue weighted by molar-refractivity contribution is 0.286. The van der Waals surface area contributed by atoms with Crippen molar-refractivity contribution in [2.24, 2.45) is 0 Å². The SMILES string of the molecule is CCCO[P+](=O)Oc1ccccc1. The van der Waals surface area contributed by atoms with E-state index in [2.05, 4.69) is 0 Å². The summed E-state index contributed by atoms with van der Waals surface area (Å²) in [4.78, 5) is 0. The van der Waals surface area contributed by atoms with Crippen molar-refractivity contribution < 1.29 is 13.6 Å². The molecule has 1 aromatic carbocycles. The summed E-state index contributed by atoms with van der Waals surface area (Å²) in [6.45, 7) is 2.41. The third-order valence-electron chi connectivity index (χ3n) is 1.32. The van der Waals surface area contributed by atoms with Crippen LogP contribution in [0.2, 0.25) is 0 Å². The first kappa shape index (κ1) is 10.2. The lowest BCUT2D eigenvalue weighted by Crippen LogP contribution is -1.87. The summed E-state index contributed by atoms with van der Waals surface area (Å²) in [5.41, 5.74) is 0. The summed E-state index contributed by atoms with van der Waals surface area (Å²) in [6.07, 6.45) is 0.833. The minimum atomic E-state index is -2.01. The van der Waals surface area contributed by atoms with Crippen LogP contribution in [0.4, 0.5) is 0 Å². The molecule has 0 aliphatic heterocycles. The molecule has 0 fully saturated rings. The van der Waals surface area contributed by atoms with Gasteiger partial charge in [0.25, 0.3) is 0 Å². The highest BCUT2D eigenvalue weighted by atomic mass is 31.1. The molecular weight excluding hydrogens is 187 g/mol. The maximum atomic E-state index is 11.1. The molecule has 0 aliphatic rings. The second-order valence-corrected chi connectivity index (χ2v) is 3.35. The predicted molar refractivity (Wildman–Crippen MR) is 50.9 cm³/mol. The van der Waals surface area contributed by atoms with Gasteiger partial charge in [-0.2, -0.15) is 0 Å². The number of hydrogen-bond donors (Lipinski definition) is 0. The average molecular weight is 199 g/mol. The fourth-order valence-corrected chi connectivity index (χ4v) is 1.44. The Morgan fingerprint density at radius 1 is 1.31 bits per heavy atom. The van der Waals surface area contributed by atoms with Gasteiger partial charge >= 0.3 is 8.25 Å². The standard InChI is InChI=1S/C9H12O3P/c1-2-8-11-13(10)12-9-6-4-3-5-7-9/h3-7H,2,8H2,1H3/q+1. The van der Waals surface area contributed by atoms with Gasteiger partial charge in [0.1, 0.15) is 6.61 Å². The fraction of sp³-hybridized carbons (Fsp3) is 0.333. The van der Waals surface area contributed by atoms with E-state index in [-0.39, 0.29) is 0 Å². The minimum absolute atomic E-state index is 0.460. The lowest BCUT2D eigenvalue weighted by Gasteiger charge is -1.90. The summed E-state index contributed by atoms with van der Waals surface area (Å²) in [6, 6.07) is 8.98. The van der Waals surface area contributed by atoms with Crippen LogP contribution in [0, 0.1) is 0 Å². The Kier molecular flexibility index (Phi) is 4.44. The fourth-order valence-electron chi connectivity index (χ4n) is 0.760. The second-order valence-electron chi connectivity index (χ2n) is 2.46. The predicted octanol–water partition coefficient (Wildman–Crippen LogP) is 3.15. The quantitative estimate of drug-likeness (QED) is 0.683. The molecule has 0 bridgehead atoms. The van der Waals surface area contributed by atoms with Crippen molar-refractivity contribution in [3.63, 3.8) is 0 Å². The largest absolute Gasteiger partial charge is 0.750 e.